The Morgan fingerprint density at radius 3 is 2.72 bits per heavy atom. The van der Waals surface area contributed by atoms with Crippen molar-refractivity contribution in [2.45, 2.75) is 18.4 Å². The molecule has 0 amide bonds. The summed E-state index contributed by atoms with van der Waals surface area (Å²) in [6.07, 6.45) is 1.64. The molecular formula is C13H17N3OS. The monoisotopic (exact) mass is 263 g/mol. The summed E-state index contributed by atoms with van der Waals surface area (Å²) < 4.78 is 1.22. The lowest BCUT2D eigenvalue weighted by atomic mass is 9.90. The van der Waals surface area contributed by atoms with E-state index in [-0.39, 0.29) is 6.61 Å². The largest absolute Gasteiger partial charge is 0.394 e. The molecule has 96 valence electrons. The molecule has 0 spiro atoms. The Morgan fingerprint density at radius 1 is 1.33 bits per heavy atom. The highest BCUT2D eigenvalue weighted by molar-refractivity contribution is 7.22. The highest BCUT2D eigenvalue weighted by atomic mass is 32.1. The molecule has 0 atom stereocenters. The summed E-state index contributed by atoms with van der Waals surface area (Å²) in [5, 5.41) is 10.3. The van der Waals surface area contributed by atoms with Gasteiger partial charge in [0.05, 0.1) is 16.8 Å². The fourth-order valence-electron chi connectivity index (χ4n) is 2.30. The Morgan fingerprint density at radius 2 is 2.06 bits per heavy atom. The van der Waals surface area contributed by atoms with Crippen LogP contribution >= 0.6 is 11.3 Å². The number of thiazole rings is 1. The van der Waals surface area contributed by atoms with E-state index in [9.17, 15) is 5.11 Å². The van der Waals surface area contributed by atoms with Crippen molar-refractivity contribution in [2.24, 2.45) is 5.73 Å². The minimum atomic E-state index is -0.396. The zero-order valence-corrected chi connectivity index (χ0v) is 11.0. The predicted molar refractivity (Wildman–Crippen MR) is 75.1 cm³/mol. The van der Waals surface area contributed by atoms with Crippen LogP contribution < -0.4 is 10.6 Å². The average Bonchev–Trinajstić information content (AvgIpc) is 2.83. The molecule has 2 aromatic rings. The van der Waals surface area contributed by atoms with Gasteiger partial charge >= 0.3 is 0 Å². The van der Waals surface area contributed by atoms with E-state index < -0.39 is 5.54 Å². The number of benzene rings is 1. The number of aliphatic hydroxyl groups excluding tert-OH is 1. The van der Waals surface area contributed by atoms with Crippen LogP contribution in [0, 0.1) is 0 Å². The number of para-hydroxylation sites is 1. The number of piperidine rings is 1. The molecule has 0 saturated carbocycles. The second-order valence-corrected chi connectivity index (χ2v) is 5.98. The van der Waals surface area contributed by atoms with Crippen LogP contribution in [0.25, 0.3) is 10.2 Å². The second-order valence-electron chi connectivity index (χ2n) is 4.97. The van der Waals surface area contributed by atoms with Gasteiger partial charge in [-0.05, 0) is 25.0 Å². The summed E-state index contributed by atoms with van der Waals surface area (Å²) in [6.45, 7) is 1.81. The maximum atomic E-state index is 9.26. The van der Waals surface area contributed by atoms with Crippen LogP contribution in [-0.2, 0) is 0 Å². The molecule has 1 aliphatic rings. The molecule has 1 aromatic heterocycles. The lowest BCUT2D eigenvalue weighted by Gasteiger charge is -2.37. The Labute approximate surface area is 110 Å². The van der Waals surface area contributed by atoms with Gasteiger partial charge in [-0.15, -0.1) is 0 Å². The summed E-state index contributed by atoms with van der Waals surface area (Å²) in [4.78, 5) is 6.92. The summed E-state index contributed by atoms with van der Waals surface area (Å²) >= 11 is 1.72. The molecule has 5 heteroatoms. The zero-order chi connectivity index (χ0) is 12.6. The van der Waals surface area contributed by atoms with Crippen LogP contribution in [0.1, 0.15) is 12.8 Å². The van der Waals surface area contributed by atoms with Gasteiger partial charge in [-0.3, -0.25) is 0 Å². The molecule has 2 heterocycles. The van der Waals surface area contributed by atoms with Crippen molar-refractivity contribution in [3.05, 3.63) is 24.3 Å². The number of anilines is 1. The van der Waals surface area contributed by atoms with E-state index in [4.69, 9.17) is 5.73 Å². The number of aromatic nitrogens is 1. The van der Waals surface area contributed by atoms with E-state index in [2.05, 4.69) is 16.0 Å². The first-order valence-corrected chi connectivity index (χ1v) is 7.02. The van der Waals surface area contributed by atoms with Gasteiger partial charge in [-0.25, -0.2) is 4.98 Å². The minimum Gasteiger partial charge on any atom is -0.394 e. The molecule has 1 aromatic carbocycles. The van der Waals surface area contributed by atoms with Crippen molar-refractivity contribution < 1.29 is 5.11 Å². The van der Waals surface area contributed by atoms with Crippen LogP contribution in [-0.4, -0.2) is 35.3 Å². The van der Waals surface area contributed by atoms with Crippen molar-refractivity contribution in [3.8, 4) is 0 Å². The topological polar surface area (TPSA) is 62.4 Å². The summed E-state index contributed by atoms with van der Waals surface area (Å²) in [6, 6.07) is 8.19. The van der Waals surface area contributed by atoms with Gasteiger partial charge in [0.25, 0.3) is 0 Å². The van der Waals surface area contributed by atoms with Gasteiger partial charge in [-0.2, -0.15) is 0 Å². The molecule has 1 saturated heterocycles. The number of aliphatic hydroxyl groups is 1. The highest BCUT2D eigenvalue weighted by Crippen LogP contribution is 2.31. The molecule has 1 fully saturated rings. The first-order valence-electron chi connectivity index (χ1n) is 6.20. The maximum Gasteiger partial charge on any atom is 0.186 e. The van der Waals surface area contributed by atoms with Crippen molar-refractivity contribution in [1.29, 1.82) is 0 Å². The molecule has 4 nitrogen and oxygen atoms in total. The number of hydrogen-bond donors (Lipinski definition) is 2. The third-order valence-electron chi connectivity index (χ3n) is 3.63. The summed E-state index contributed by atoms with van der Waals surface area (Å²) in [5.74, 6) is 0. The van der Waals surface area contributed by atoms with Crippen LogP contribution in [0.2, 0.25) is 0 Å². The smallest absolute Gasteiger partial charge is 0.186 e. The molecular weight excluding hydrogens is 246 g/mol. The van der Waals surface area contributed by atoms with Gasteiger partial charge in [0.15, 0.2) is 5.13 Å². The number of nitrogens with zero attached hydrogens (tertiary/aromatic N) is 2. The first kappa shape index (κ1) is 11.9. The fraction of sp³-hybridized carbons (Fsp3) is 0.462. The Balaban J connectivity index is 1.80. The Bertz CT molecular complexity index is 513. The highest BCUT2D eigenvalue weighted by Gasteiger charge is 2.30. The average molecular weight is 263 g/mol. The van der Waals surface area contributed by atoms with E-state index in [0.717, 1.165) is 36.6 Å². The van der Waals surface area contributed by atoms with Gasteiger partial charge in [-0.1, -0.05) is 23.5 Å². The van der Waals surface area contributed by atoms with Gasteiger partial charge in [0, 0.05) is 18.6 Å². The maximum absolute atomic E-state index is 9.26. The van der Waals surface area contributed by atoms with Crippen LogP contribution in [0.15, 0.2) is 24.3 Å². The molecule has 0 radical (unpaired) electrons. The van der Waals surface area contributed by atoms with E-state index in [1.54, 1.807) is 11.3 Å². The quantitative estimate of drug-likeness (QED) is 0.863. The first-order chi connectivity index (χ1) is 8.70. The van der Waals surface area contributed by atoms with Gasteiger partial charge in [0.1, 0.15) is 0 Å². The number of fused-ring (bicyclic) bond motifs is 1. The van der Waals surface area contributed by atoms with Crippen molar-refractivity contribution in [2.75, 3.05) is 24.6 Å². The molecule has 1 aliphatic heterocycles. The van der Waals surface area contributed by atoms with E-state index in [1.165, 1.54) is 4.70 Å². The van der Waals surface area contributed by atoms with Gasteiger partial charge < -0.3 is 15.7 Å². The molecule has 3 N–H and O–H groups in total. The van der Waals surface area contributed by atoms with Crippen LogP contribution in [0.5, 0.6) is 0 Å². The molecule has 18 heavy (non-hydrogen) atoms. The van der Waals surface area contributed by atoms with E-state index >= 15 is 0 Å². The SMILES string of the molecule is NC1(CO)CCN(c2nc3ccccc3s2)CC1. The fourth-order valence-corrected chi connectivity index (χ4v) is 3.31. The Hall–Kier alpha value is -1.17. The summed E-state index contributed by atoms with van der Waals surface area (Å²) in [5.41, 5.74) is 6.74. The predicted octanol–water partition coefficient (Wildman–Crippen LogP) is 1.59. The molecule has 0 aliphatic carbocycles. The standard InChI is InChI=1S/C13H17N3OS/c14-13(9-17)5-7-16(8-6-13)12-15-10-3-1-2-4-11(10)18-12/h1-4,17H,5-9,14H2. The Kier molecular flexibility index (Phi) is 2.97. The number of hydrogen-bond acceptors (Lipinski definition) is 5. The number of nitrogens with two attached hydrogens (primary N) is 1. The molecule has 0 unspecified atom stereocenters. The van der Waals surface area contributed by atoms with E-state index in [0.29, 0.717) is 0 Å². The third-order valence-corrected chi connectivity index (χ3v) is 4.72. The number of rotatable bonds is 2. The normalized spacial score (nSPS) is 19.3. The second kappa shape index (κ2) is 4.50. The summed E-state index contributed by atoms with van der Waals surface area (Å²) in [7, 11) is 0. The van der Waals surface area contributed by atoms with E-state index in [1.807, 2.05) is 18.2 Å². The van der Waals surface area contributed by atoms with Crippen molar-refractivity contribution in [1.82, 2.24) is 4.98 Å². The lowest BCUT2D eigenvalue weighted by Crippen LogP contribution is -2.52. The van der Waals surface area contributed by atoms with Crippen molar-refractivity contribution in [3.63, 3.8) is 0 Å². The third kappa shape index (κ3) is 2.09. The van der Waals surface area contributed by atoms with Gasteiger partial charge in [0.2, 0.25) is 0 Å². The molecule has 0 bridgehead atoms. The minimum absolute atomic E-state index is 0.0701. The zero-order valence-electron chi connectivity index (χ0n) is 10.2. The van der Waals surface area contributed by atoms with Crippen LogP contribution in [0.3, 0.4) is 0 Å². The molecule has 3 rings (SSSR count). The lowest BCUT2D eigenvalue weighted by molar-refractivity contribution is 0.170. The van der Waals surface area contributed by atoms with Crippen LogP contribution in [0.4, 0.5) is 5.13 Å². The van der Waals surface area contributed by atoms with Crippen molar-refractivity contribution >= 4 is 26.7 Å².